The van der Waals surface area contributed by atoms with Crippen LogP contribution in [0.25, 0.3) is 0 Å². The summed E-state index contributed by atoms with van der Waals surface area (Å²) in [4.78, 5) is 28.5. The molecule has 2 unspecified atom stereocenters. The highest BCUT2D eigenvalue weighted by atomic mass is 16.5. The SMILES string of the molecule is CCC1C(=O)N2CCCC2C(=O)N1Cc1cc(C)no1. The lowest BCUT2D eigenvalue weighted by Gasteiger charge is -2.41. The molecule has 0 spiro atoms. The Hall–Kier alpha value is -1.85. The maximum Gasteiger partial charge on any atom is 0.246 e. The van der Waals surface area contributed by atoms with Crippen molar-refractivity contribution < 1.29 is 14.1 Å². The molecule has 6 heteroatoms. The lowest BCUT2D eigenvalue weighted by atomic mass is 10.0. The van der Waals surface area contributed by atoms with E-state index in [1.165, 1.54) is 0 Å². The summed E-state index contributed by atoms with van der Waals surface area (Å²) in [5.74, 6) is 0.752. The van der Waals surface area contributed by atoms with Gasteiger partial charge in [-0.15, -0.1) is 0 Å². The van der Waals surface area contributed by atoms with Gasteiger partial charge in [-0.1, -0.05) is 12.1 Å². The van der Waals surface area contributed by atoms with E-state index in [4.69, 9.17) is 4.52 Å². The first-order valence-electron chi connectivity index (χ1n) is 7.15. The predicted molar refractivity (Wildman–Crippen MR) is 70.6 cm³/mol. The van der Waals surface area contributed by atoms with E-state index < -0.39 is 0 Å². The molecule has 0 bridgehead atoms. The minimum atomic E-state index is -0.373. The highest BCUT2D eigenvalue weighted by molar-refractivity contribution is 5.97. The van der Waals surface area contributed by atoms with Gasteiger partial charge in [0.1, 0.15) is 12.1 Å². The Labute approximate surface area is 117 Å². The summed E-state index contributed by atoms with van der Waals surface area (Å²) in [6.45, 7) is 4.81. The second-order valence-corrected chi connectivity index (χ2v) is 5.51. The van der Waals surface area contributed by atoms with Gasteiger partial charge in [0.15, 0.2) is 5.76 Å². The van der Waals surface area contributed by atoms with Crippen molar-refractivity contribution in [3.8, 4) is 0 Å². The van der Waals surface area contributed by atoms with Gasteiger partial charge < -0.3 is 14.3 Å². The van der Waals surface area contributed by atoms with Crippen molar-refractivity contribution in [2.45, 2.75) is 51.7 Å². The van der Waals surface area contributed by atoms with Crippen molar-refractivity contribution >= 4 is 11.8 Å². The van der Waals surface area contributed by atoms with Crippen LogP contribution in [0.5, 0.6) is 0 Å². The predicted octanol–water partition coefficient (Wildman–Crippen LogP) is 1.09. The quantitative estimate of drug-likeness (QED) is 0.829. The molecule has 0 radical (unpaired) electrons. The molecule has 3 heterocycles. The zero-order chi connectivity index (χ0) is 14.3. The molecular weight excluding hydrogens is 258 g/mol. The maximum atomic E-state index is 12.6. The van der Waals surface area contributed by atoms with E-state index in [2.05, 4.69) is 5.16 Å². The number of fused-ring (bicyclic) bond motifs is 1. The van der Waals surface area contributed by atoms with Crippen molar-refractivity contribution in [2.75, 3.05) is 6.54 Å². The number of amides is 2. The monoisotopic (exact) mass is 277 g/mol. The average Bonchev–Trinajstić information content (AvgIpc) is 3.05. The van der Waals surface area contributed by atoms with Gasteiger partial charge in [-0.25, -0.2) is 0 Å². The minimum Gasteiger partial charge on any atom is -0.359 e. The van der Waals surface area contributed by atoms with Crippen LogP contribution in [0.3, 0.4) is 0 Å². The molecule has 20 heavy (non-hydrogen) atoms. The second-order valence-electron chi connectivity index (χ2n) is 5.51. The van der Waals surface area contributed by atoms with Gasteiger partial charge >= 0.3 is 0 Å². The van der Waals surface area contributed by atoms with Crippen molar-refractivity contribution in [3.05, 3.63) is 17.5 Å². The summed E-state index contributed by atoms with van der Waals surface area (Å²) in [7, 11) is 0. The van der Waals surface area contributed by atoms with Gasteiger partial charge in [0, 0.05) is 12.6 Å². The van der Waals surface area contributed by atoms with E-state index in [0.29, 0.717) is 25.3 Å². The van der Waals surface area contributed by atoms with Crippen LogP contribution in [0, 0.1) is 6.92 Å². The lowest BCUT2D eigenvalue weighted by Crippen LogP contribution is -2.62. The number of rotatable bonds is 3. The largest absolute Gasteiger partial charge is 0.359 e. The third-order valence-corrected chi connectivity index (χ3v) is 4.15. The summed E-state index contributed by atoms with van der Waals surface area (Å²) < 4.78 is 5.19. The van der Waals surface area contributed by atoms with Gasteiger partial charge in [0.2, 0.25) is 11.8 Å². The summed E-state index contributed by atoms with van der Waals surface area (Å²) in [5, 5.41) is 3.84. The van der Waals surface area contributed by atoms with Crippen LogP contribution in [0.2, 0.25) is 0 Å². The third kappa shape index (κ3) is 1.99. The molecule has 1 aromatic heterocycles. The Bertz CT molecular complexity index is 540. The van der Waals surface area contributed by atoms with Gasteiger partial charge in [0.25, 0.3) is 0 Å². The topological polar surface area (TPSA) is 66.7 Å². The normalized spacial score (nSPS) is 26.3. The number of carbonyl (C=O) groups excluding carboxylic acids is 2. The van der Waals surface area contributed by atoms with Crippen molar-refractivity contribution in [3.63, 3.8) is 0 Å². The molecule has 0 aromatic carbocycles. The van der Waals surface area contributed by atoms with E-state index in [0.717, 1.165) is 18.5 Å². The summed E-state index contributed by atoms with van der Waals surface area (Å²) in [5.41, 5.74) is 0.784. The fraction of sp³-hybridized carbons (Fsp3) is 0.643. The average molecular weight is 277 g/mol. The first kappa shape index (κ1) is 13.1. The summed E-state index contributed by atoms with van der Waals surface area (Å²) >= 11 is 0. The Morgan fingerprint density at radius 1 is 1.40 bits per heavy atom. The van der Waals surface area contributed by atoms with Gasteiger partial charge in [-0.05, 0) is 26.2 Å². The molecule has 108 valence electrons. The van der Waals surface area contributed by atoms with E-state index in [1.54, 1.807) is 9.80 Å². The van der Waals surface area contributed by atoms with Crippen LogP contribution in [0.1, 0.15) is 37.6 Å². The van der Waals surface area contributed by atoms with Gasteiger partial charge in [0.05, 0.1) is 12.2 Å². The molecule has 0 aliphatic carbocycles. The van der Waals surface area contributed by atoms with Crippen LogP contribution in [0.4, 0.5) is 0 Å². The fourth-order valence-corrected chi connectivity index (χ4v) is 3.20. The molecule has 2 aliphatic heterocycles. The third-order valence-electron chi connectivity index (χ3n) is 4.15. The molecule has 2 fully saturated rings. The maximum absolute atomic E-state index is 12.6. The molecule has 2 aliphatic rings. The van der Waals surface area contributed by atoms with Gasteiger partial charge in [-0.3, -0.25) is 9.59 Å². The molecule has 0 saturated carbocycles. The number of hydrogen-bond acceptors (Lipinski definition) is 4. The van der Waals surface area contributed by atoms with Gasteiger partial charge in [-0.2, -0.15) is 0 Å². The number of piperazine rings is 1. The molecule has 6 nitrogen and oxygen atoms in total. The Kier molecular flexibility index (Phi) is 3.23. The number of aryl methyl sites for hydroxylation is 1. The Balaban J connectivity index is 1.86. The zero-order valence-electron chi connectivity index (χ0n) is 11.8. The van der Waals surface area contributed by atoms with E-state index >= 15 is 0 Å². The van der Waals surface area contributed by atoms with Crippen LogP contribution in [-0.2, 0) is 16.1 Å². The first-order valence-corrected chi connectivity index (χ1v) is 7.15. The number of hydrogen-bond donors (Lipinski definition) is 0. The first-order chi connectivity index (χ1) is 9.61. The number of aromatic nitrogens is 1. The van der Waals surface area contributed by atoms with Crippen LogP contribution < -0.4 is 0 Å². The van der Waals surface area contributed by atoms with Crippen LogP contribution in [0.15, 0.2) is 10.6 Å². The molecule has 0 N–H and O–H groups in total. The molecule has 1 aromatic rings. The minimum absolute atomic E-state index is 0.0444. The number of carbonyl (C=O) groups is 2. The van der Waals surface area contributed by atoms with E-state index in [1.807, 2.05) is 19.9 Å². The summed E-state index contributed by atoms with van der Waals surface area (Å²) in [6, 6.07) is 1.17. The second kappa shape index (κ2) is 4.92. The van der Waals surface area contributed by atoms with E-state index in [-0.39, 0.29) is 23.9 Å². The molecule has 3 rings (SSSR count). The molecule has 2 saturated heterocycles. The highest BCUT2D eigenvalue weighted by Gasteiger charge is 2.47. The zero-order valence-corrected chi connectivity index (χ0v) is 11.8. The standard InChI is InChI=1S/C14H19N3O3/c1-3-11-13(18)16-6-4-5-12(16)14(19)17(11)8-10-7-9(2)15-20-10/h7,11-12H,3-6,8H2,1-2H3. The molecule has 2 atom stereocenters. The molecular formula is C14H19N3O3. The molecule has 2 amide bonds. The van der Waals surface area contributed by atoms with Crippen molar-refractivity contribution in [1.29, 1.82) is 0 Å². The van der Waals surface area contributed by atoms with E-state index in [9.17, 15) is 9.59 Å². The van der Waals surface area contributed by atoms with Crippen molar-refractivity contribution in [1.82, 2.24) is 15.0 Å². The smallest absolute Gasteiger partial charge is 0.246 e. The summed E-state index contributed by atoms with van der Waals surface area (Å²) in [6.07, 6.45) is 2.31. The van der Waals surface area contributed by atoms with Crippen LogP contribution in [-0.4, -0.2) is 45.4 Å². The number of nitrogens with zero attached hydrogens (tertiary/aromatic N) is 3. The van der Waals surface area contributed by atoms with Crippen LogP contribution >= 0.6 is 0 Å². The lowest BCUT2D eigenvalue weighted by molar-refractivity contribution is -0.160. The fourth-order valence-electron chi connectivity index (χ4n) is 3.20. The van der Waals surface area contributed by atoms with Crippen molar-refractivity contribution in [2.24, 2.45) is 0 Å². The Morgan fingerprint density at radius 2 is 2.20 bits per heavy atom. The highest BCUT2D eigenvalue weighted by Crippen LogP contribution is 2.29. The Morgan fingerprint density at radius 3 is 2.85 bits per heavy atom.